The number of nitrogens with zero attached hydrogens (tertiary/aromatic N) is 6. The van der Waals surface area contributed by atoms with Crippen LogP contribution in [0.3, 0.4) is 0 Å². The number of allylic oxidation sites excluding steroid dienone is 1. The monoisotopic (exact) mass is 1870 g/mol. The number of hydrogen-bond donors (Lipinski definition) is 0. The standard InChI is InChI=1S/C138H82N6O3/c1-4-31-92(32-5-1)139-117-48-18-16-43-103(117)110-75-114-126(78-123(110)139)143(120-63-53-81-25-10-13-40-98(81)134(114)120)96-38-21-29-85(68-96)88-51-59-104-106-47-23-46-102(138(106)147-133(104)74-88)91-57-62-119-109(72-91)112-77-116-127(80-125(112)141(119)94-35-8-3-9-36-94)142(121-64-54-82-26-11-14-41-99(82)135(116)121)95-37-20-28-84(67-95)87-58-66-130-113(71-87)105-60-52-89(73-132(105)146-130)86-56-61-118-108(70-86)111-76-115-128(79-124(111)140(118)93-33-6-2-7-34-93)144(122-65-55-83-27-12-15-42-100(83)136(115)122)97-39-22-30-90(69-97)101-45-24-50-131-137(101)107-44-17-19-49-129(107)145-131/h1-73,75-80,88H,74H2. The van der Waals surface area contributed by atoms with Gasteiger partial charge in [-0.1, -0.05) is 285 Å². The Balaban J connectivity index is 0.475. The molecular weight excluding hydrogens is 1790 g/mol. The molecule has 0 saturated carbocycles. The summed E-state index contributed by atoms with van der Waals surface area (Å²) < 4.78 is 35.6. The van der Waals surface area contributed by atoms with Crippen LogP contribution in [0.15, 0.2) is 486 Å². The maximum absolute atomic E-state index is 7.36. The second-order valence-electron chi connectivity index (χ2n) is 40.0. The molecule has 33 rings (SSSR count). The van der Waals surface area contributed by atoms with E-state index in [9.17, 15) is 0 Å². The molecule has 682 valence electrons. The second kappa shape index (κ2) is 30.5. The predicted octanol–water partition coefficient (Wildman–Crippen LogP) is 37.3. The van der Waals surface area contributed by atoms with Crippen molar-refractivity contribution in [2.45, 2.75) is 12.3 Å². The van der Waals surface area contributed by atoms with Gasteiger partial charge >= 0.3 is 0 Å². The zero-order valence-corrected chi connectivity index (χ0v) is 79.3. The van der Waals surface area contributed by atoms with Crippen molar-refractivity contribution in [1.29, 1.82) is 0 Å². The average Bonchev–Trinajstić information content (AvgIpc) is 1.55. The molecule has 0 bridgehead atoms. The van der Waals surface area contributed by atoms with Crippen molar-refractivity contribution in [3.63, 3.8) is 0 Å². The number of hydrogen-bond acceptors (Lipinski definition) is 3. The average molecular weight is 1870 g/mol. The first-order chi connectivity index (χ1) is 72.9. The van der Waals surface area contributed by atoms with Gasteiger partial charge in [-0.15, -0.1) is 0 Å². The van der Waals surface area contributed by atoms with Crippen LogP contribution < -0.4 is 0 Å². The van der Waals surface area contributed by atoms with Crippen LogP contribution in [0.4, 0.5) is 0 Å². The van der Waals surface area contributed by atoms with Crippen LogP contribution >= 0.6 is 0 Å². The minimum Gasteiger partial charge on any atom is -0.460 e. The molecule has 0 amide bonds. The number of rotatable bonds is 11. The summed E-state index contributed by atoms with van der Waals surface area (Å²) in [5.74, 6) is 1.07. The summed E-state index contributed by atoms with van der Waals surface area (Å²) in [5.41, 5.74) is 35.9. The molecule has 0 fully saturated rings. The quantitative estimate of drug-likeness (QED) is 0.130. The largest absolute Gasteiger partial charge is 0.460 e. The van der Waals surface area contributed by atoms with E-state index in [0.29, 0.717) is 0 Å². The van der Waals surface area contributed by atoms with Crippen molar-refractivity contribution in [1.82, 2.24) is 27.4 Å². The maximum Gasteiger partial charge on any atom is 0.142 e. The zero-order valence-electron chi connectivity index (χ0n) is 79.3. The number of fused-ring (bicyclic) bond motifs is 33. The van der Waals surface area contributed by atoms with Gasteiger partial charge in [0.25, 0.3) is 0 Å². The molecule has 0 saturated heterocycles. The normalized spacial score (nSPS) is 13.2. The smallest absolute Gasteiger partial charge is 0.142 e. The second-order valence-corrected chi connectivity index (χ2v) is 40.0. The van der Waals surface area contributed by atoms with E-state index in [2.05, 4.69) is 501 Å². The van der Waals surface area contributed by atoms with E-state index in [-0.39, 0.29) is 5.92 Å². The maximum atomic E-state index is 7.36. The molecule has 0 aliphatic heterocycles. The van der Waals surface area contributed by atoms with Gasteiger partial charge in [0.2, 0.25) is 0 Å². The molecule has 1 aliphatic rings. The molecule has 0 radical (unpaired) electrons. The third-order valence-corrected chi connectivity index (χ3v) is 32.2. The molecular formula is C138H82N6O3. The van der Waals surface area contributed by atoms with Crippen LogP contribution in [0.5, 0.6) is 0 Å². The van der Waals surface area contributed by atoms with Crippen LogP contribution in [0.1, 0.15) is 22.8 Å². The Hall–Kier alpha value is -19.5. The molecule has 1 unspecified atom stereocenters. The SMILES string of the molecule is C1=CC(c2cccc(-n3c4cc5c(cc4c4c6ccccc6ccc43)c3ccccc3n5-c3ccccc3)c2)Cc2oc3c(-c4ccc5c(c4)c4cc6c7c8ccccc8ccc7n(-c7cccc(-c8ccc9oc%10cc(-c%11ccc%12c(c%11)c%11cc%13c%14c%15ccccc%15ccc%14n(-c%14cccc(-c%15cccc%16oc%17ccccc%17c%15%16)c%14)c%13cc%11n%12-c%11ccccc%11)ccc%10c9c8)c7)c6cc4n5-c4ccccc4)cccc3c21. The van der Waals surface area contributed by atoms with Crippen LogP contribution in [-0.2, 0) is 6.42 Å². The Bertz CT molecular complexity index is 11400. The van der Waals surface area contributed by atoms with E-state index < -0.39 is 0 Å². The van der Waals surface area contributed by atoms with Crippen molar-refractivity contribution < 1.29 is 13.3 Å². The number of benzene rings is 23. The van der Waals surface area contributed by atoms with Crippen molar-refractivity contribution in [3.8, 4) is 78.6 Å². The Morgan fingerprint density at radius 1 is 0.184 bits per heavy atom. The van der Waals surface area contributed by atoms with E-state index in [1.165, 1.54) is 125 Å². The Kier molecular flexibility index (Phi) is 16.7. The lowest BCUT2D eigenvalue weighted by atomic mass is 9.88. The summed E-state index contributed by atoms with van der Waals surface area (Å²) in [4.78, 5) is 0. The van der Waals surface area contributed by atoms with Gasteiger partial charge in [0.1, 0.15) is 33.7 Å². The summed E-state index contributed by atoms with van der Waals surface area (Å²) in [6.45, 7) is 0. The lowest BCUT2D eigenvalue weighted by molar-refractivity contribution is 0.533. The first-order valence-electron chi connectivity index (χ1n) is 50.7. The number of para-hydroxylation sites is 6. The van der Waals surface area contributed by atoms with Gasteiger partial charge in [-0.05, 0) is 271 Å². The highest BCUT2D eigenvalue weighted by atomic mass is 16.3. The van der Waals surface area contributed by atoms with Gasteiger partial charge in [-0.3, -0.25) is 0 Å². The number of furan rings is 3. The third-order valence-electron chi connectivity index (χ3n) is 32.2. The van der Waals surface area contributed by atoms with Crippen LogP contribution in [0, 0.1) is 0 Å². The van der Waals surface area contributed by atoms with Crippen molar-refractivity contribution >= 4 is 224 Å². The summed E-state index contributed by atoms with van der Waals surface area (Å²) in [5, 5.41) is 27.3. The fourth-order valence-electron chi connectivity index (χ4n) is 25.7. The lowest BCUT2D eigenvalue weighted by Crippen LogP contribution is -2.05. The van der Waals surface area contributed by atoms with E-state index in [0.717, 1.165) is 195 Å². The van der Waals surface area contributed by atoms with Gasteiger partial charge in [0.15, 0.2) is 0 Å². The molecule has 9 aromatic heterocycles. The van der Waals surface area contributed by atoms with Crippen molar-refractivity contribution in [3.05, 3.63) is 490 Å². The minimum atomic E-state index is 0.0681. The van der Waals surface area contributed by atoms with Crippen molar-refractivity contribution in [2.75, 3.05) is 0 Å². The van der Waals surface area contributed by atoms with Gasteiger partial charge < -0.3 is 40.7 Å². The van der Waals surface area contributed by atoms with Gasteiger partial charge in [0, 0.05) is 149 Å². The molecule has 0 N–H and O–H groups in total. The zero-order chi connectivity index (χ0) is 95.6. The number of aromatic nitrogens is 6. The molecule has 9 heteroatoms. The van der Waals surface area contributed by atoms with Gasteiger partial charge in [0.05, 0.1) is 66.2 Å². The highest BCUT2D eigenvalue weighted by Gasteiger charge is 2.31. The van der Waals surface area contributed by atoms with Crippen LogP contribution in [0.2, 0.25) is 0 Å². The van der Waals surface area contributed by atoms with Crippen LogP contribution in [-0.4, -0.2) is 27.4 Å². The third kappa shape index (κ3) is 11.7. The molecule has 32 aromatic rings. The summed E-state index contributed by atoms with van der Waals surface area (Å²) in [6, 6.07) is 173. The molecule has 9 heterocycles. The first-order valence-corrected chi connectivity index (χ1v) is 50.7. The topological polar surface area (TPSA) is 69.0 Å². The highest BCUT2D eigenvalue weighted by molar-refractivity contribution is 6.30. The van der Waals surface area contributed by atoms with E-state index in [4.69, 9.17) is 13.3 Å². The van der Waals surface area contributed by atoms with Crippen LogP contribution in [0.25, 0.3) is 303 Å². The lowest BCUT2D eigenvalue weighted by Gasteiger charge is -2.18. The van der Waals surface area contributed by atoms with Gasteiger partial charge in [-0.2, -0.15) is 0 Å². The molecule has 1 atom stereocenters. The Labute approximate surface area is 839 Å². The van der Waals surface area contributed by atoms with E-state index >= 15 is 0 Å². The molecule has 23 aromatic carbocycles. The highest BCUT2D eigenvalue weighted by Crippen LogP contribution is 2.52. The molecule has 9 nitrogen and oxygen atoms in total. The summed E-state index contributed by atoms with van der Waals surface area (Å²) >= 11 is 0. The van der Waals surface area contributed by atoms with Crippen molar-refractivity contribution in [2.24, 2.45) is 0 Å². The molecule has 147 heavy (non-hydrogen) atoms. The van der Waals surface area contributed by atoms with Gasteiger partial charge in [-0.25, -0.2) is 0 Å². The minimum absolute atomic E-state index is 0.0681. The fourth-order valence-corrected chi connectivity index (χ4v) is 25.7. The molecule has 1 aliphatic carbocycles. The summed E-state index contributed by atoms with van der Waals surface area (Å²) in [6.07, 6.45) is 5.45. The van der Waals surface area contributed by atoms with E-state index in [1.54, 1.807) is 0 Å². The predicted molar refractivity (Wildman–Crippen MR) is 613 cm³/mol. The fraction of sp³-hybridized carbons (Fsp3) is 0.0145. The first kappa shape index (κ1) is 80.2. The summed E-state index contributed by atoms with van der Waals surface area (Å²) in [7, 11) is 0. The Morgan fingerprint density at radius 2 is 0.565 bits per heavy atom. The molecule has 0 spiro atoms. The Morgan fingerprint density at radius 3 is 1.16 bits per heavy atom. The van der Waals surface area contributed by atoms with E-state index in [1.807, 2.05) is 6.07 Å².